The molecule has 6 heterocycles. The van der Waals surface area contributed by atoms with Crippen molar-refractivity contribution in [1.29, 1.82) is 0 Å². The van der Waals surface area contributed by atoms with Crippen LogP contribution in [0.15, 0.2) is 17.7 Å². The molecule has 0 spiro atoms. The molecule has 5 aliphatic rings. The highest BCUT2D eigenvalue weighted by molar-refractivity contribution is 6.34. The zero-order chi connectivity index (χ0) is 38.3. The maximum atomic E-state index is 15.5. The average Bonchev–Trinajstić information content (AvgIpc) is 3.77. The third-order valence-corrected chi connectivity index (χ3v) is 11.9. The van der Waals surface area contributed by atoms with Crippen molar-refractivity contribution in [3.63, 3.8) is 0 Å². The van der Waals surface area contributed by atoms with E-state index in [0.717, 1.165) is 19.3 Å². The lowest BCUT2D eigenvalue weighted by Crippen LogP contribution is -2.43. The highest BCUT2D eigenvalue weighted by Gasteiger charge is 2.49. The Balaban J connectivity index is 1.17. The Morgan fingerprint density at radius 1 is 1.15 bits per heavy atom. The number of aryl methyl sites for hydroxylation is 1. The first-order chi connectivity index (χ1) is 25.6. The van der Waals surface area contributed by atoms with E-state index >= 15 is 4.39 Å². The maximum absolute atomic E-state index is 15.5. The molecule has 1 aromatic carbocycles. The van der Waals surface area contributed by atoms with E-state index in [4.69, 9.17) is 43.4 Å². The van der Waals surface area contributed by atoms with Crippen LogP contribution in [0.3, 0.4) is 0 Å². The smallest absolute Gasteiger partial charge is 0.418 e. The number of carbonyl (C=O) groups is 1. The molecule has 11 nitrogen and oxygen atoms in total. The molecule has 2 aromatic heterocycles. The summed E-state index contributed by atoms with van der Waals surface area (Å²) in [5.41, 5.74) is 3.67. The minimum absolute atomic E-state index is 0.0157. The number of amides is 1. The predicted molar refractivity (Wildman–Crippen MR) is 185 cm³/mol. The molecule has 0 bridgehead atoms. The van der Waals surface area contributed by atoms with Gasteiger partial charge in [-0.25, -0.2) is 4.39 Å². The minimum Gasteiger partial charge on any atom is -0.461 e. The molecule has 3 aromatic rings. The molecule has 290 valence electrons. The average molecular weight is 802 g/mol. The molecule has 2 atom stereocenters. The van der Waals surface area contributed by atoms with Crippen LogP contribution < -0.4 is 15.4 Å². The number of anilines is 2. The number of nitrogen functional groups attached to an aromatic ring is 1. The minimum atomic E-state index is -5.03. The van der Waals surface area contributed by atoms with Crippen LogP contribution in [0.2, 0.25) is 10.0 Å². The van der Waals surface area contributed by atoms with Crippen molar-refractivity contribution in [3.05, 3.63) is 67.4 Å². The maximum Gasteiger partial charge on any atom is 0.418 e. The van der Waals surface area contributed by atoms with Crippen molar-refractivity contribution in [2.24, 2.45) is 0 Å². The van der Waals surface area contributed by atoms with Gasteiger partial charge in [0.15, 0.2) is 11.5 Å². The number of carbonyl (C=O) groups excluding carboxylic acids is 1. The van der Waals surface area contributed by atoms with Crippen molar-refractivity contribution in [2.75, 3.05) is 43.9 Å². The molecule has 0 radical (unpaired) electrons. The summed E-state index contributed by atoms with van der Waals surface area (Å²) in [6.45, 7) is 1.44. The van der Waals surface area contributed by atoms with E-state index in [1.54, 1.807) is 16.6 Å². The van der Waals surface area contributed by atoms with Crippen molar-refractivity contribution in [2.45, 2.75) is 88.5 Å². The number of fused-ring (bicyclic) bond motifs is 3. The summed E-state index contributed by atoms with van der Waals surface area (Å²) in [4.78, 5) is 28.2. The van der Waals surface area contributed by atoms with Crippen LogP contribution in [-0.2, 0) is 37.0 Å². The van der Waals surface area contributed by atoms with E-state index in [-0.39, 0.29) is 79.1 Å². The van der Waals surface area contributed by atoms with Crippen LogP contribution >= 0.6 is 23.2 Å². The van der Waals surface area contributed by atoms with Crippen LogP contribution in [0, 0.1) is 5.82 Å². The zero-order valence-electron chi connectivity index (χ0n) is 29.1. The van der Waals surface area contributed by atoms with Crippen molar-refractivity contribution >= 4 is 40.6 Å². The van der Waals surface area contributed by atoms with Gasteiger partial charge in [0.2, 0.25) is 0 Å². The second-order valence-electron chi connectivity index (χ2n) is 14.6. The molecule has 1 saturated carbocycles. The Kier molecular flexibility index (Phi) is 9.45. The van der Waals surface area contributed by atoms with E-state index < -0.39 is 51.6 Å². The second-order valence-corrected chi connectivity index (χ2v) is 15.4. The number of rotatable bonds is 7. The van der Waals surface area contributed by atoms with Gasteiger partial charge in [0.25, 0.3) is 12.0 Å². The standard InChI is InChI=1S/C35H36Cl2F6N8O3/c1-48(18-4-5-18)32(52)29-27(37)23-14-49(7-3-9-51(23)47-29)31-19-15-53-24(25-26(35(41,42)43)20(36)10-21(44)28(25)38)11-22(19)45-33(46-31)54-16-34-6-2-8-50(34)13-17(12-34)30(39)40/h10,18,24H,2-9,11-16,44H2,1H3/t24-,34-/m0/s1. The highest BCUT2D eigenvalue weighted by atomic mass is 35.5. The first kappa shape index (κ1) is 37.1. The van der Waals surface area contributed by atoms with Gasteiger partial charge in [0.05, 0.1) is 57.5 Å². The molecule has 19 heteroatoms. The number of nitrogens with two attached hydrogens (primary N) is 1. The van der Waals surface area contributed by atoms with E-state index in [0.29, 0.717) is 55.6 Å². The van der Waals surface area contributed by atoms with Crippen LogP contribution in [0.25, 0.3) is 0 Å². The molecule has 2 N–H and O–H groups in total. The molecular formula is C35H36Cl2F6N8O3. The molecule has 1 aliphatic carbocycles. The third kappa shape index (κ3) is 6.53. The van der Waals surface area contributed by atoms with E-state index in [1.165, 1.54) is 0 Å². The van der Waals surface area contributed by atoms with Gasteiger partial charge in [-0.3, -0.25) is 14.4 Å². The van der Waals surface area contributed by atoms with Gasteiger partial charge in [0.1, 0.15) is 12.4 Å². The summed E-state index contributed by atoms with van der Waals surface area (Å²) in [5.74, 6) is -1.24. The lowest BCUT2D eigenvalue weighted by molar-refractivity contribution is -0.140. The first-order valence-corrected chi connectivity index (χ1v) is 18.4. The quantitative estimate of drug-likeness (QED) is 0.201. The topological polar surface area (TPSA) is 115 Å². The molecule has 0 unspecified atom stereocenters. The number of nitrogens with zero attached hydrogens (tertiary/aromatic N) is 7. The SMILES string of the molecule is CN(C(=O)c1nn2c(c1Cl)CN(c1nc(OC[C@@]34CCCN3CC(=C(F)F)C4)nc3c1CO[C@H](c1c(F)c(N)cc(Cl)c1C(F)(F)F)C3)CCC2)C1CC1. The lowest BCUT2D eigenvalue weighted by atomic mass is 9.93. The first-order valence-electron chi connectivity index (χ1n) is 17.7. The summed E-state index contributed by atoms with van der Waals surface area (Å²) in [6.07, 6.45) is -4.66. The Hall–Kier alpha value is -3.80. The summed E-state index contributed by atoms with van der Waals surface area (Å²) in [7, 11) is 1.72. The molecule has 2 saturated heterocycles. The summed E-state index contributed by atoms with van der Waals surface area (Å²) >= 11 is 12.8. The van der Waals surface area contributed by atoms with E-state index in [1.807, 2.05) is 9.80 Å². The number of alkyl halides is 3. The van der Waals surface area contributed by atoms with Gasteiger partial charge in [-0.1, -0.05) is 23.2 Å². The summed E-state index contributed by atoms with van der Waals surface area (Å²) < 4.78 is 99.7. The van der Waals surface area contributed by atoms with Crippen molar-refractivity contribution in [3.8, 4) is 6.01 Å². The third-order valence-electron chi connectivity index (χ3n) is 11.2. The number of ether oxygens (including phenoxy) is 2. The second kappa shape index (κ2) is 13.7. The number of hydrogen-bond acceptors (Lipinski definition) is 9. The Labute approximate surface area is 316 Å². The van der Waals surface area contributed by atoms with Gasteiger partial charge in [-0.15, -0.1) is 0 Å². The van der Waals surface area contributed by atoms with Crippen LogP contribution in [0.4, 0.5) is 37.8 Å². The van der Waals surface area contributed by atoms with Gasteiger partial charge < -0.3 is 25.0 Å². The Morgan fingerprint density at radius 2 is 1.93 bits per heavy atom. The fourth-order valence-electron chi connectivity index (χ4n) is 8.26. The fourth-order valence-corrected chi connectivity index (χ4v) is 8.86. The van der Waals surface area contributed by atoms with Gasteiger partial charge in [-0.05, 0) is 51.1 Å². The highest BCUT2D eigenvalue weighted by Crippen LogP contribution is 2.47. The number of aromatic nitrogens is 4. The predicted octanol–water partition coefficient (Wildman–Crippen LogP) is 6.95. The van der Waals surface area contributed by atoms with Gasteiger partial charge in [-0.2, -0.15) is 37.0 Å². The largest absolute Gasteiger partial charge is 0.461 e. The van der Waals surface area contributed by atoms with Crippen molar-refractivity contribution in [1.82, 2.24) is 29.5 Å². The lowest BCUT2D eigenvalue weighted by Gasteiger charge is -2.33. The van der Waals surface area contributed by atoms with Crippen LogP contribution in [0.1, 0.15) is 83.2 Å². The van der Waals surface area contributed by atoms with Gasteiger partial charge in [0, 0.05) is 55.8 Å². The molecule has 4 aliphatic heterocycles. The summed E-state index contributed by atoms with van der Waals surface area (Å²) in [6, 6.07) is 0.731. The number of benzene rings is 1. The normalized spacial score (nSPS) is 22.9. The molecular weight excluding hydrogens is 765 g/mol. The molecule has 3 fully saturated rings. The zero-order valence-corrected chi connectivity index (χ0v) is 30.6. The Morgan fingerprint density at radius 3 is 2.65 bits per heavy atom. The van der Waals surface area contributed by atoms with E-state index in [9.17, 15) is 26.7 Å². The number of halogens is 8. The summed E-state index contributed by atoms with van der Waals surface area (Å²) in [5, 5.41) is 4.00. The van der Waals surface area contributed by atoms with Crippen molar-refractivity contribution < 1.29 is 40.6 Å². The fraction of sp³-hybridized carbons (Fsp3) is 0.543. The molecule has 1 amide bonds. The molecule has 54 heavy (non-hydrogen) atoms. The van der Waals surface area contributed by atoms with Crippen LogP contribution in [-0.4, -0.2) is 80.3 Å². The van der Waals surface area contributed by atoms with Gasteiger partial charge >= 0.3 is 12.2 Å². The van der Waals surface area contributed by atoms with E-state index in [2.05, 4.69) is 10.1 Å². The Bertz CT molecular complexity index is 2060. The molecule has 8 rings (SSSR count). The van der Waals surface area contributed by atoms with Crippen LogP contribution in [0.5, 0.6) is 6.01 Å². The number of hydrogen-bond donors (Lipinski definition) is 1. The monoisotopic (exact) mass is 800 g/mol.